The summed E-state index contributed by atoms with van der Waals surface area (Å²) in [5, 5.41) is 0. The van der Waals surface area contributed by atoms with E-state index >= 15 is 0 Å². The molecular formula is C21H39N3O. The van der Waals surface area contributed by atoms with E-state index in [0.29, 0.717) is 18.0 Å². The molecule has 0 N–H and O–H groups in total. The molecule has 4 heteroatoms. The Morgan fingerprint density at radius 1 is 0.840 bits per heavy atom. The highest BCUT2D eigenvalue weighted by molar-refractivity contribution is 5.79. The topological polar surface area (TPSA) is 26.8 Å². The van der Waals surface area contributed by atoms with Crippen LogP contribution in [0.2, 0.25) is 0 Å². The number of likely N-dealkylation sites (tertiary alicyclic amines) is 3. The standard InChI is InChI=1S/C21H39N3O/c1-16(2)18-5-10-22(11-6-18)20-8-13-23(14-9-20)21(25)19-7-12-24(15-19)17(3)4/h16-20H,5-15H2,1-4H3/t19-/m1/s1. The maximum absolute atomic E-state index is 12.9. The van der Waals surface area contributed by atoms with Gasteiger partial charge in [0, 0.05) is 31.7 Å². The van der Waals surface area contributed by atoms with Crippen molar-refractivity contribution in [2.24, 2.45) is 17.8 Å². The van der Waals surface area contributed by atoms with Gasteiger partial charge in [-0.1, -0.05) is 13.8 Å². The van der Waals surface area contributed by atoms with Crippen molar-refractivity contribution < 1.29 is 4.79 Å². The first-order valence-corrected chi connectivity index (χ1v) is 10.7. The van der Waals surface area contributed by atoms with Crippen LogP contribution in [0, 0.1) is 17.8 Å². The summed E-state index contributed by atoms with van der Waals surface area (Å²) < 4.78 is 0. The number of nitrogens with zero attached hydrogens (tertiary/aromatic N) is 3. The van der Waals surface area contributed by atoms with Gasteiger partial charge in [-0.3, -0.25) is 4.79 Å². The van der Waals surface area contributed by atoms with Crippen LogP contribution in [0.15, 0.2) is 0 Å². The molecule has 3 aliphatic rings. The summed E-state index contributed by atoms with van der Waals surface area (Å²) in [6.45, 7) is 15.8. The molecule has 144 valence electrons. The smallest absolute Gasteiger partial charge is 0.227 e. The van der Waals surface area contributed by atoms with Crippen LogP contribution in [0.4, 0.5) is 0 Å². The van der Waals surface area contributed by atoms with Gasteiger partial charge >= 0.3 is 0 Å². The van der Waals surface area contributed by atoms with Crippen LogP contribution in [-0.4, -0.2) is 72.0 Å². The molecule has 0 aliphatic carbocycles. The van der Waals surface area contributed by atoms with E-state index in [2.05, 4.69) is 42.4 Å². The minimum atomic E-state index is 0.251. The Bertz CT molecular complexity index is 434. The maximum atomic E-state index is 12.9. The summed E-state index contributed by atoms with van der Waals surface area (Å²) >= 11 is 0. The van der Waals surface area contributed by atoms with Crippen molar-refractivity contribution in [2.75, 3.05) is 39.3 Å². The Morgan fingerprint density at radius 3 is 2.00 bits per heavy atom. The first kappa shape index (κ1) is 19.2. The van der Waals surface area contributed by atoms with Gasteiger partial charge in [0.05, 0.1) is 5.92 Å². The van der Waals surface area contributed by atoms with Crippen molar-refractivity contribution in [3.8, 4) is 0 Å². The zero-order chi connectivity index (χ0) is 18.0. The molecule has 0 bridgehead atoms. The van der Waals surface area contributed by atoms with Gasteiger partial charge in [-0.05, 0) is 77.4 Å². The fourth-order valence-corrected chi connectivity index (χ4v) is 5.12. The second kappa shape index (κ2) is 8.39. The predicted octanol–water partition coefficient (Wildman–Crippen LogP) is 3.08. The molecule has 3 aliphatic heterocycles. The van der Waals surface area contributed by atoms with E-state index < -0.39 is 0 Å². The third kappa shape index (κ3) is 4.57. The fourth-order valence-electron chi connectivity index (χ4n) is 5.12. The van der Waals surface area contributed by atoms with Gasteiger partial charge in [0.1, 0.15) is 0 Å². The van der Waals surface area contributed by atoms with E-state index in [-0.39, 0.29) is 5.92 Å². The molecule has 0 aromatic rings. The summed E-state index contributed by atoms with van der Waals surface area (Å²) in [5.41, 5.74) is 0. The Kier molecular flexibility index (Phi) is 6.43. The van der Waals surface area contributed by atoms with Gasteiger partial charge in [0.15, 0.2) is 0 Å². The summed E-state index contributed by atoms with van der Waals surface area (Å²) in [7, 11) is 0. The molecule has 25 heavy (non-hydrogen) atoms. The fraction of sp³-hybridized carbons (Fsp3) is 0.952. The third-order valence-electron chi connectivity index (χ3n) is 7.11. The molecule has 1 atom stereocenters. The van der Waals surface area contributed by atoms with E-state index in [9.17, 15) is 4.79 Å². The molecule has 3 saturated heterocycles. The van der Waals surface area contributed by atoms with E-state index in [1.54, 1.807) is 0 Å². The minimum absolute atomic E-state index is 0.251. The number of carbonyl (C=O) groups excluding carboxylic acids is 1. The van der Waals surface area contributed by atoms with Gasteiger partial charge < -0.3 is 14.7 Å². The van der Waals surface area contributed by atoms with Gasteiger partial charge in [-0.2, -0.15) is 0 Å². The first-order valence-electron chi connectivity index (χ1n) is 10.7. The largest absolute Gasteiger partial charge is 0.342 e. The number of hydrogen-bond donors (Lipinski definition) is 0. The Labute approximate surface area is 154 Å². The van der Waals surface area contributed by atoms with Crippen molar-refractivity contribution >= 4 is 5.91 Å². The van der Waals surface area contributed by atoms with Crippen LogP contribution >= 0.6 is 0 Å². The van der Waals surface area contributed by atoms with Gasteiger partial charge in [0.25, 0.3) is 0 Å². The molecule has 0 aromatic carbocycles. The van der Waals surface area contributed by atoms with E-state index in [1.807, 2.05) is 0 Å². The van der Waals surface area contributed by atoms with Crippen LogP contribution in [0.5, 0.6) is 0 Å². The minimum Gasteiger partial charge on any atom is -0.342 e. The lowest BCUT2D eigenvalue weighted by Crippen LogP contribution is -2.50. The van der Waals surface area contributed by atoms with Crippen LogP contribution in [0.25, 0.3) is 0 Å². The second-order valence-corrected chi connectivity index (χ2v) is 9.25. The number of amides is 1. The molecule has 0 unspecified atom stereocenters. The molecule has 3 heterocycles. The SMILES string of the molecule is CC(C)C1CCN(C2CCN(C(=O)[C@@H]3CCN(C(C)C)C3)CC2)CC1. The van der Waals surface area contributed by atoms with Crippen LogP contribution in [-0.2, 0) is 4.79 Å². The molecule has 0 radical (unpaired) electrons. The molecule has 4 nitrogen and oxygen atoms in total. The Hall–Kier alpha value is -0.610. The summed E-state index contributed by atoms with van der Waals surface area (Å²) in [4.78, 5) is 20.2. The van der Waals surface area contributed by atoms with Crippen LogP contribution in [0.3, 0.4) is 0 Å². The normalized spacial score (nSPS) is 28.4. The molecule has 3 rings (SSSR count). The second-order valence-electron chi connectivity index (χ2n) is 9.25. The Balaban J connectivity index is 1.42. The lowest BCUT2D eigenvalue weighted by molar-refractivity contribution is -0.136. The Morgan fingerprint density at radius 2 is 1.48 bits per heavy atom. The summed E-state index contributed by atoms with van der Waals surface area (Å²) in [6.07, 6.45) is 6.14. The monoisotopic (exact) mass is 349 g/mol. The zero-order valence-corrected chi connectivity index (χ0v) is 16.9. The van der Waals surface area contributed by atoms with Crippen molar-refractivity contribution in [3.63, 3.8) is 0 Å². The van der Waals surface area contributed by atoms with E-state index in [1.165, 1.54) is 38.8 Å². The predicted molar refractivity (Wildman–Crippen MR) is 104 cm³/mol. The van der Waals surface area contributed by atoms with Gasteiger partial charge in [0.2, 0.25) is 5.91 Å². The van der Waals surface area contributed by atoms with Gasteiger partial charge in [-0.15, -0.1) is 0 Å². The maximum Gasteiger partial charge on any atom is 0.227 e. The summed E-state index contributed by atoms with van der Waals surface area (Å²) in [5.74, 6) is 2.43. The highest BCUT2D eigenvalue weighted by atomic mass is 16.2. The average molecular weight is 350 g/mol. The van der Waals surface area contributed by atoms with Crippen molar-refractivity contribution in [3.05, 3.63) is 0 Å². The number of rotatable bonds is 4. The summed E-state index contributed by atoms with van der Waals surface area (Å²) in [6, 6.07) is 1.28. The molecule has 0 saturated carbocycles. The lowest BCUT2D eigenvalue weighted by Gasteiger charge is -2.43. The van der Waals surface area contributed by atoms with Gasteiger partial charge in [-0.25, -0.2) is 0 Å². The average Bonchev–Trinajstić information content (AvgIpc) is 3.12. The molecule has 3 fully saturated rings. The van der Waals surface area contributed by atoms with Crippen molar-refractivity contribution in [1.82, 2.24) is 14.7 Å². The number of piperidine rings is 2. The molecule has 0 aromatic heterocycles. The zero-order valence-electron chi connectivity index (χ0n) is 16.9. The first-order chi connectivity index (χ1) is 12.0. The quantitative estimate of drug-likeness (QED) is 0.780. The van der Waals surface area contributed by atoms with E-state index in [4.69, 9.17) is 0 Å². The third-order valence-corrected chi connectivity index (χ3v) is 7.11. The number of carbonyl (C=O) groups is 1. The molecular weight excluding hydrogens is 310 g/mol. The van der Waals surface area contributed by atoms with E-state index in [0.717, 1.165) is 44.4 Å². The highest BCUT2D eigenvalue weighted by Gasteiger charge is 2.35. The van der Waals surface area contributed by atoms with Crippen molar-refractivity contribution in [1.29, 1.82) is 0 Å². The molecule has 1 amide bonds. The highest BCUT2D eigenvalue weighted by Crippen LogP contribution is 2.29. The van der Waals surface area contributed by atoms with Crippen molar-refractivity contribution in [2.45, 2.75) is 71.9 Å². The van der Waals surface area contributed by atoms with Crippen LogP contribution < -0.4 is 0 Å². The number of hydrogen-bond acceptors (Lipinski definition) is 3. The molecule has 0 spiro atoms. The van der Waals surface area contributed by atoms with Crippen LogP contribution in [0.1, 0.15) is 59.8 Å². The lowest BCUT2D eigenvalue weighted by atomic mass is 9.85.